The molecule has 6 nitrogen and oxygen atoms in total. The summed E-state index contributed by atoms with van der Waals surface area (Å²) in [6.07, 6.45) is 4.95. The van der Waals surface area contributed by atoms with Gasteiger partial charge in [0.2, 0.25) is 5.91 Å². The second kappa shape index (κ2) is 6.16. The summed E-state index contributed by atoms with van der Waals surface area (Å²) >= 11 is 0. The molecular formula is C17H17N3O3. The first-order valence-corrected chi connectivity index (χ1v) is 7.50. The molecule has 3 rings (SSSR count). The van der Waals surface area contributed by atoms with E-state index in [1.807, 2.05) is 6.07 Å². The van der Waals surface area contributed by atoms with E-state index >= 15 is 0 Å². The normalized spacial score (nSPS) is 17.3. The molecule has 1 fully saturated rings. The van der Waals surface area contributed by atoms with Crippen molar-refractivity contribution >= 4 is 11.9 Å². The molecular weight excluding hydrogens is 294 g/mol. The molecule has 1 aromatic heterocycles. The third-order valence-corrected chi connectivity index (χ3v) is 4.08. The Bertz CT molecular complexity index is 760. The lowest BCUT2D eigenvalue weighted by Crippen LogP contribution is -2.29. The zero-order valence-corrected chi connectivity index (χ0v) is 12.8. The fourth-order valence-electron chi connectivity index (χ4n) is 3.04. The van der Waals surface area contributed by atoms with E-state index < -0.39 is 5.97 Å². The number of rotatable bonds is 3. The first-order valence-electron chi connectivity index (χ1n) is 7.50. The minimum absolute atomic E-state index is 0.0170. The van der Waals surface area contributed by atoms with Gasteiger partial charge in [-0.3, -0.25) is 14.8 Å². The maximum Gasteiger partial charge on any atom is 0.335 e. The number of carboxylic acid groups (broad SMARTS) is 1. The van der Waals surface area contributed by atoms with E-state index in [1.54, 1.807) is 42.4 Å². The number of hydrogen-bond acceptors (Lipinski definition) is 4. The number of aromatic nitrogens is 2. The largest absolute Gasteiger partial charge is 0.478 e. The summed E-state index contributed by atoms with van der Waals surface area (Å²) in [5.41, 5.74) is 2.26. The minimum atomic E-state index is -0.983. The highest BCUT2D eigenvalue weighted by atomic mass is 16.4. The molecule has 6 heteroatoms. The van der Waals surface area contributed by atoms with Crippen molar-refractivity contribution in [3.8, 4) is 11.3 Å². The summed E-state index contributed by atoms with van der Waals surface area (Å²) < 4.78 is 0. The van der Waals surface area contributed by atoms with E-state index in [1.165, 1.54) is 0 Å². The Kier molecular flexibility index (Phi) is 4.06. The van der Waals surface area contributed by atoms with Gasteiger partial charge in [-0.15, -0.1) is 0 Å². The molecule has 1 N–H and O–H groups in total. The van der Waals surface area contributed by atoms with Crippen molar-refractivity contribution in [1.29, 1.82) is 0 Å². The third kappa shape index (κ3) is 2.92. The number of hydrogen-bond donors (Lipinski definition) is 1. The molecule has 23 heavy (non-hydrogen) atoms. The summed E-state index contributed by atoms with van der Waals surface area (Å²) in [4.78, 5) is 33.6. The molecule has 118 valence electrons. The summed E-state index contributed by atoms with van der Waals surface area (Å²) in [5.74, 6) is -0.966. The van der Waals surface area contributed by atoms with Crippen molar-refractivity contribution in [1.82, 2.24) is 14.9 Å². The van der Waals surface area contributed by atoms with Gasteiger partial charge in [-0.2, -0.15) is 0 Å². The van der Waals surface area contributed by atoms with Crippen molar-refractivity contribution in [3.63, 3.8) is 0 Å². The van der Waals surface area contributed by atoms with Crippen LogP contribution >= 0.6 is 0 Å². The van der Waals surface area contributed by atoms with E-state index in [4.69, 9.17) is 5.11 Å². The summed E-state index contributed by atoms with van der Waals surface area (Å²) in [6.45, 7) is 2.27. The van der Waals surface area contributed by atoms with Crippen molar-refractivity contribution < 1.29 is 14.7 Å². The molecule has 1 amide bonds. The van der Waals surface area contributed by atoms with Gasteiger partial charge in [0.1, 0.15) is 0 Å². The highest BCUT2D eigenvalue weighted by Gasteiger charge is 2.31. The maximum absolute atomic E-state index is 11.8. The van der Waals surface area contributed by atoms with Crippen molar-refractivity contribution in [2.75, 3.05) is 6.54 Å². The Morgan fingerprint density at radius 3 is 2.78 bits per heavy atom. The number of aromatic carboxylic acids is 1. The number of carboxylic acids is 1. The number of carbonyl (C=O) groups is 2. The number of likely N-dealkylation sites (tertiary alicyclic amines) is 1. The number of nitrogens with zero attached hydrogens (tertiary/aromatic N) is 3. The summed E-state index contributed by atoms with van der Waals surface area (Å²) in [5, 5.41) is 9.16. The molecule has 0 spiro atoms. The van der Waals surface area contributed by atoms with Crippen molar-refractivity contribution in [2.24, 2.45) is 0 Å². The third-order valence-electron chi connectivity index (χ3n) is 4.08. The first-order chi connectivity index (χ1) is 11.1. The van der Waals surface area contributed by atoms with Gasteiger partial charge in [-0.1, -0.05) is 12.1 Å². The van der Waals surface area contributed by atoms with E-state index in [-0.39, 0.29) is 17.5 Å². The average molecular weight is 311 g/mol. The predicted octanol–water partition coefficient (Wildman–Crippen LogP) is 2.53. The topological polar surface area (TPSA) is 83.4 Å². The average Bonchev–Trinajstić information content (AvgIpc) is 3.04. The van der Waals surface area contributed by atoms with E-state index in [0.29, 0.717) is 17.8 Å². The molecule has 1 atom stereocenters. The Hall–Kier alpha value is -2.76. The van der Waals surface area contributed by atoms with Crippen molar-refractivity contribution in [3.05, 3.63) is 47.9 Å². The molecule has 0 saturated carbocycles. The molecule has 0 bridgehead atoms. The lowest BCUT2D eigenvalue weighted by atomic mass is 10.0. The van der Waals surface area contributed by atoms with Gasteiger partial charge in [-0.05, 0) is 25.0 Å². The van der Waals surface area contributed by atoms with Gasteiger partial charge < -0.3 is 10.0 Å². The lowest BCUT2D eigenvalue weighted by Gasteiger charge is -2.24. The van der Waals surface area contributed by atoms with Crippen molar-refractivity contribution in [2.45, 2.75) is 25.8 Å². The molecule has 0 radical (unpaired) electrons. The molecule has 2 aromatic rings. The van der Waals surface area contributed by atoms with Gasteiger partial charge in [0.25, 0.3) is 0 Å². The smallest absolute Gasteiger partial charge is 0.335 e. The SMILES string of the molecule is CC(=O)N1CCC[C@@H]1c1nccnc1-c1cccc(C(=O)O)c1. The molecule has 0 unspecified atom stereocenters. The highest BCUT2D eigenvalue weighted by molar-refractivity contribution is 5.89. The van der Waals surface area contributed by atoms with Crippen LogP contribution in [0.1, 0.15) is 41.9 Å². The van der Waals surface area contributed by atoms with Gasteiger partial charge in [0.05, 0.1) is 23.0 Å². The first kappa shape index (κ1) is 15.1. The zero-order valence-electron chi connectivity index (χ0n) is 12.8. The lowest BCUT2D eigenvalue weighted by molar-refractivity contribution is -0.129. The number of carbonyl (C=O) groups excluding carboxylic acids is 1. The van der Waals surface area contributed by atoms with Gasteiger partial charge >= 0.3 is 5.97 Å². The minimum Gasteiger partial charge on any atom is -0.478 e. The van der Waals surface area contributed by atoms with Crippen LogP contribution in [-0.4, -0.2) is 38.4 Å². The summed E-state index contributed by atoms with van der Waals surface area (Å²) in [7, 11) is 0. The predicted molar refractivity (Wildman–Crippen MR) is 83.8 cm³/mol. The van der Waals surface area contributed by atoms with Crippen LogP contribution in [0.3, 0.4) is 0 Å². The van der Waals surface area contributed by atoms with Crippen LogP contribution in [0.25, 0.3) is 11.3 Å². The van der Waals surface area contributed by atoms with Gasteiger partial charge in [-0.25, -0.2) is 4.79 Å². The van der Waals surface area contributed by atoms with Crippen LogP contribution in [0.4, 0.5) is 0 Å². The van der Waals surface area contributed by atoms with Gasteiger partial charge in [0, 0.05) is 31.4 Å². The van der Waals surface area contributed by atoms with Crippen LogP contribution in [0, 0.1) is 0 Å². The fraction of sp³-hybridized carbons (Fsp3) is 0.294. The molecule has 1 aliphatic heterocycles. The van der Waals surface area contributed by atoms with E-state index in [9.17, 15) is 9.59 Å². The van der Waals surface area contributed by atoms with Crippen LogP contribution in [0.2, 0.25) is 0 Å². The standard InChI is InChI=1S/C17H17N3O3/c1-11(21)20-9-3-6-14(20)16-15(18-7-8-19-16)12-4-2-5-13(10-12)17(22)23/h2,4-5,7-8,10,14H,3,6,9H2,1H3,(H,22,23)/t14-/m1/s1. The monoisotopic (exact) mass is 311 g/mol. The van der Waals surface area contributed by atoms with Crippen LogP contribution in [0.5, 0.6) is 0 Å². The summed E-state index contributed by atoms with van der Waals surface area (Å²) in [6, 6.07) is 6.52. The highest BCUT2D eigenvalue weighted by Crippen LogP contribution is 2.35. The Balaban J connectivity index is 2.06. The zero-order chi connectivity index (χ0) is 16.4. The number of amides is 1. The van der Waals surface area contributed by atoms with Gasteiger partial charge in [0.15, 0.2) is 0 Å². The second-order valence-corrected chi connectivity index (χ2v) is 5.55. The Labute approximate surface area is 133 Å². The quantitative estimate of drug-likeness (QED) is 0.941. The fourth-order valence-corrected chi connectivity index (χ4v) is 3.04. The van der Waals surface area contributed by atoms with Crippen LogP contribution < -0.4 is 0 Å². The second-order valence-electron chi connectivity index (χ2n) is 5.55. The molecule has 2 heterocycles. The molecule has 1 saturated heterocycles. The Morgan fingerprint density at radius 2 is 2.04 bits per heavy atom. The molecule has 1 aromatic carbocycles. The van der Waals surface area contributed by atoms with E-state index in [0.717, 1.165) is 18.5 Å². The van der Waals surface area contributed by atoms with E-state index in [2.05, 4.69) is 9.97 Å². The molecule has 1 aliphatic rings. The maximum atomic E-state index is 11.8. The number of benzene rings is 1. The molecule has 0 aliphatic carbocycles. The van der Waals surface area contributed by atoms with Crippen LogP contribution in [-0.2, 0) is 4.79 Å². The van der Waals surface area contributed by atoms with Crippen LogP contribution in [0.15, 0.2) is 36.7 Å². The Morgan fingerprint density at radius 1 is 1.26 bits per heavy atom.